The fourth-order valence-electron chi connectivity index (χ4n) is 3.49. The third-order valence-electron chi connectivity index (χ3n) is 5.29. The first-order valence-electron chi connectivity index (χ1n) is 11.2. The lowest BCUT2D eigenvalue weighted by molar-refractivity contribution is -0.142. The van der Waals surface area contributed by atoms with Crippen LogP contribution >= 0.6 is 0 Å². The molecule has 0 aliphatic heterocycles. The summed E-state index contributed by atoms with van der Waals surface area (Å²) in [5.74, 6) is -1.38. The molecular weight excluding hydrogens is 438 g/mol. The summed E-state index contributed by atoms with van der Waals surface area (Å²) in [7, 11) is 0. The third-order valence-corrected chi connectivity index (χ3v) is 5.29. The van der Waals surface area contributed by atoms with Crippen molar-refractivity contribution in [3.8, 4) is 5.75 Å². The highest BCUT2D eigenvalue weighted by Gasteiger charge is 2.31. The number of carbonyl (C=O) groups excluding carboxylic acids is 2. The van der Waals surface area contributed by atoms with Gasteiger partial charge < -0.3 is 15.0 Å². The fourth-order valence-corrected chi connectivity index (χ4v) is 3.49. The van der Waals surface area contributed by atoms with Crippen LogP contribution in [-0.2, 0) is 22.6 Å². The van der Waals surface area contributed by atoms with Crippen molar-refractivity contribution >= 4 is 11.8 Å². The normalized spacial score (nSPS) is 11.5. The zero-order valence-electron chi connectivity index (χ0n) is 19.0. The second-order valence-corrected chi connectivity index (χ2v) is 7.85. The molecular formula is C27H28F2N2O3. The molecule has 5 nitrogen and oxygen atoms in total. The smallest absolute Gasteiger partial charge is 0.261 e. The summed E-state index contributed by atoms with van der Waals surface area (Å²) in [6, 6.07) is 19.9. The highest BCUT2D eigenvalue weighted by Crippen LogP contribution is 2.18. The minimum Gasteiger partial charge on any atom is -0.484 e. The monoisotopic (exact) mass is 466 g/mol. The van der Waals surface area contributed by atoms with Crippen molar-refractivity contribution in [1.82, 2.24) is 10.2 Å². The highest BCUT2D eigenvalue weighted by atomic mass is 19.1. The van der Waals surface area contributed by atoms with Gasteiger partial charge in [-0.1, -0.05) is 55.5 Å². The molecule has 0 aliphatic rings. The van der Waals surface area contributed by atoms with Crippen LogP contribution in [0.3, 0.4) is 0 Å². The molecule has 2 amide bonds. The van der Waals surface area contributed by atoms with Crippen LogP contribution in [0.1, 0.15) is 24.5 Å². The minimum absolute atomic E-state index is 0.102. The van der Waals surface area contributed by atoms with Crippen molar-refractivity contribution in [2.45, 2.75) is 32.4 Å². The molecule has 3 aromatic rings. The van der Waals surface area contributed by atoms with E-state index in [2.05, 4.69) is 5.32 Å². The Kier molecular flexibility index (Phi) is 9.14. The Labute approximate surface area is 198 Å². The van der Waals surface area contributed by atoms with Crippen molar-refractivity contribution in [2.24, 2.45) is 0 Å². The lowest BCUT2D eigenvalue weighted by Gasteiger charge is -2.31. The topological polar surface area (TPSA) is 58.6 Å². The van der Waals surface area contributed by atoms with Gasteiger partial charge in [0.15, 0.2) is 6.61 Å². The van der Waals surface area contributed by atoms with E-state index in [1.807, 2.05) is 37.3 Å². The zero-order chi connectivity index (χ0) is 24.3. The number of nitrogens with zero attached hydrogens (tertiary/aromatic N) is 1. The van der Waals surface area contributed by atoms with E-state index < -0.39 is 23.6 Å². The summed E-state index contributed by atoms with van der Waals surface area (Å²) >= 11 is 0. The Bertz CT molecular complexity index is 1070. The van der Waals surface area contributed by atoms with Crippen LogP contribution in [0.4, 0.5) is 8.78 Å². The number of carbonyl (C=O) groups is 2. The molecule has 1 N–H and O–H groups in total. The van der Waals surface area contributed by atoms with Crippen molar-refractivity contribution in [1.29, 1.82) is 0 Å². The van der Waals surface area contributed by atoms with Crippen molar-refractivity contribution in [3.63, 3.8) is 0 Å². The molecule has 178 valence electrons. The maximum absolute atomic E-state index is 14.5. The van der Waals surface area contributed by atoms with Crippen molar-refractivity contribution in [3.05, 3.63) is 102 Å². The first-order valence-corrected chi connectivity index (χ1v) is 11.2. The van der Waals surface area contributed by atoms with Gasteiger partial charge in [-0.05, 0) is 42.3 Å². The Morgan fingerprint density at radius 2 is 1.62 bits per heavy atom. The summed E-state index contributed by atoms with van der Waals surface area (Å²) in [6.07, 6.45) is 0.992. The quantitative estimate of drug-likeness (QED) is 0.452. The molecule has 0 bridgehead atoms. The van der Waals surface area contributed by atoms with Gasteiger partial charge in [-0.3, -0.25) is 9.59 Å². The van der Waals surface area contributed by atoms with E-state index in [1.54, 1.807) is 18.2 Å². The third kappa shape index (κ3) is 7.13. The summed E-state index contributed by atoms with van der Waals surface area (Å²) in [4.78, 5) is 27.8. The maximum atomic E-state index is 14.5. The Hall–Kier alpha value is -3.74. The molecule has 7 heteroatoms. The van der Waals surface area contributed by atoms with Gasteiger partial charge in [-0.2, -0.15) is 0 Å². The van der Waals surface area contributed by atoms with Crippen LogP contribution < -0.4 is 10.1 Å². The number of hydrogen-bond acceptors (Lipinski definition) is 3. The van der Waals surface area contributed by atoms with Gasteiger partial charge >= 0.3 is 0 Å². The number of rotatable bonds is 11. The number of amides is 2. The van der Waals surface area contributed by atoms with Crippen LogP contribution in [-0.4, -0.2) is 35.9 Å². The van der Waals surface area contributed by atoms with E-state index in [9.17, 15) is 18.4 Å². The van der Waals surface area contributed by atoms with Gasteiger partial charge in [0, 0.05) is 25.1 Å². The Morgan fingerprint density at radius 1 is 0.941 bits per heavy atom. The lowest BCUT2D eigenvalue weighted by Crippen LogP contribution is -2.51. The molecule has 34 heavy (non-hydrogen) atoms. The lowest BCUT2D eigenvalue weighted by atomic mass is 10.0. The van der Waals surface area contributed by atoms with E-state index in [1.165, 1.54) is 35.2 Å². The van der Waals surface area contributed by atoms with Gasteiger partial charge in [-0.15, -0.1) is 0 Å². The van der Waals surface area contributed by atoms with Crippen molar-refractivity contribution < 1.29 is 23.1 Å². The predicted molar refractivity (Wildman–Crippen MR) is 126 cm³/mol. The molecule has 0 heterocycles. The van der Waals surface area contributed by atoms with E-state index in [0.29, 0.717) is 17.9 Å². The van der Waals surface area contributed by atoms with E-state index >= 15 is 0 Å². The number of halogens is 2. The summed E-state index contributed by atoms with van der Waals surface area (Å²) in [5, 5.41) is 2.86. The van der Waals surface area contributed by atoms with Gasteiger partial charge in [0.1, 0.15) is 23.4 Å². The standard InChI is InChI=1S/C27H28F2N2O3/c1-2-16-30-27(33)25(17-20-8-4-3-5-9-20)31(18-21-10-6-7-11-24(21)29)26(32)19-34-23-14-12-22(28)13-15-23/h3-15,25H,2,16-19H2,1H3,(H,30,33)/t25-/m1/s1. The number of ether oxygens (including phenoxy) is 1. The van der Waals surface area contributed by atoms with Gasteiger partial charge in [0.2, 0.25) is 5.91 Å². The SMILES string of the molecule is CCCNC(=O)[C@@H](Cc1ccccc1)N(Cc1ccccc1F)C(=O)COc1ccc(F)cc1. The summed E-state index contributed by atoms with van der Waals surface area (Å²) in [5.41, 5.74) is 1.16. The molecule has 0 aromatic heterocycles. The second kappa shape index (κ2) is 12.5. The van der Waals surface area contributed by atoms with Gasteiger partial charge in [0.25, 0.3) is 5.91 Å². The molecule has 0 saturated heterocycles. The van der Waals surface area contributed by atoms with E-state index in [-0.39, 0.29) is 25.5 Å². The molecule has 3 aromatic carbocycles. The number of hydrogen-bond donors (Lipinski definition) is 1. The number of nitrogens with one attached hydrogen (secondary N) is 1. The van der Waals surface area contributed by atoms with Crippen LogP contribution in [0, 0.1) is 11.6 Å². The molecule has 0 aliphatic carbocycles. The van der Waals surface area contributed by atoms with Gasteiger partial charge in [0.05, 0.1) is 0 Å². The van der Waals surface area contributed by atoms with Crippen molar-refractivity contribution in [2.75, 3.05) is 13.2 Å². The summed E-state index contributed by atoms with van der Waals surface area (Å²) < 4.78 is 33.2. The van der Waals surface area contributed by atoms with Crippen LogP contribution in [0.15, 0.2) is 78.9 Å². The van der Waals surface area contributed by atoms with Gasteiger partial charge in [-0.25, -0.2) is 8.78 Å². The second-order valence-electron chi connectivity index (χ2n) is 7.85. The average Bonchev–Trinajstić information content (AvgIpc) is 2.85. The summed E-state index contributed by atoms with van der Waals surface area (Å²) in [6.45, 7) is 1.91. The highest BCUT2D eigenvalue weighted by molar-refractivity contribution is 5.88. The molecule has 1 atom stereocenters. The molecule has 0 spiro atoms. The minimum atomic E-state index is -0.877. The molecule has 0 radical (unpaired) electrons. The Balaban J connectivity index is 1.89. The first-order chi connectivity index (χ1) is 16.5. The number of benzene rings is 3. The molecule has 0 fully saturated rings. The average molecular weight is 467 g/mol. The van der Waals surface area contributed by atoms with E-state index in [4.69, 9.17) is 4.74 Å². The molecule has 0 saturated carbocycles. The Morgan fingerprint density at radius 3 is 2.29 bits per heavy atom. The predicted octanol–water partition coefficient (Wildman–Crippen LogP) is 4.51. The molecule has 0 unspecified atom stereocenters. The van der Waals surface area contributed by atoms with Crippen LogP contribution in [0.5, 0.6) is 5.75 Å². The first kappa shape index (κ1) is 24.9. The fraction of sp³-hybridized carbons (Fsp3) is 0.259. The van der Waals surface area contributed by atoms with Crippen LogP contribution in [0.2, 0.25) is 0 Å². The van der Waals surface area contributed by atoms with Crippen LogP contribution in [0.25, 0.3) is 0 Å². The zero-order valence-corrected chi connectivity index (χ0v) is 19.0. The molecule has 3 rings (SSSR count). The largest absolute Gasteiger partial charge is 0.484 e. The van der Waals surface area contributed by atoms with E-state index in [0.717, 1.165) is 12.0 Å². The maximum Gasteiger partial charge on any atom is 0.261 e.